The van der Waals surface area contributed by atoms with E-state index in [1.165, 1.54) is 6.33 Å². The minimum atomic E-state index is -0.546. The van der Waals surface area contributed by atoms with Crippen molar-refractivity contribution in [2.45, 2.75) is 13.5 Å². The maximum absolute atomic E-state index is 11.5. The van der Waals surface area contributed by atoms with Gasteiger partial charge in [-0.25, -0.2) is 4.98 Å². The predicted octanol–water partition coefficient (Wildman–Crippen LogP) is 4.10. The van der Waals surface area contributed by atoms with Gasteiger partial charge in [0, 0.05) is 6.54 Å². The molecular formula is C18H16N4O3. The van der Waals surface area contributed by atoms with E-state index in [4.69, 9.17) is 4.74 Å². The summed E-state index contributed by atoms with van der Waals surface area (Å²) in [7, 11) is 0. The second-order valence-corrected chi connectivity index (χ2v) is 5.39. The van der Waals surface area contributed by atoms with Gasteiger partial charge in [-0.1, -0.05) is 48.0 Å². The van der Waals surface area contributed by atoms with Gasteiger partial charge >= 0.3 is 11.6 Å². The van der Waals surface area contributed by atoms with E-state index in [0.717, 1.165) is 11.1 Å². The molecule has 7 heteroatoms. The second kappa shape index (κ2) is 7.39. The van der Waals surface area contributed by atoms with Gasteiger partial charge in [-0.2, -0.15) is 4.98 Å². The number of benzene rings is 2. The molecule has 126 valence electrons. The SMILES string of the molecule is Cc1ccc(CNc2ncnc(Oc3ccccc3)c2[N+](=O)[O-])cc1. The fourth-order valence-corrected chi connectivity index (χ4v) is 2.22. The molecule has 1 aromatic heterocycles. The summed E-state index contributed by atoms with van der Waals surface area (Å²) >= 11 is 0. The van der Waals surface area contributed by atoms with Crippen LogP contribution in [-0.2, 0) is 6.54 Å². The molecule has 0 radical (unpaired) electrons. The molecule has 7 nitrogen and oxygen atoms in total. The normalized spacial score (nSPS) is 10.3. The third-order valence-electron chi connectivity index (χ3n) is 3.51. The molecule has 1 N–H and O–H groups in total. The van der Waals surface area contributed by atoms with Crippen LogP contribution in [-0.4, -0.2) is 14.9 Å². The van der Waals surface area contributed by atoms with Gasteiger partial charge in [0.1, 0.15) is 12.1 Å². The fraction of sp³-hybridized carbons (Fsp3) is 0.111. The fourth-order valence-electron chi connectivity index (χ4n) is 2.22. The van der Waals surface area contributed by atoms with Gasteiger partial charge in [-0.05, 0) is 24.6 Å². The summed E-state index contributed by atoms with van der Waals surface area (Å²) in [6, 6.07) is 16.7. The third kappa shape index (κ3) is 4.08. The Morgan fingerprint density at radius 1 is 1.08 bits per heavy atom. The molecule has 3 aromatic rings. The second-order valence-electron chi connectivity index (χ2n) is 5.39. The average molecular weight is 336 g/mol. The summed E-state index contributed by atoms with van der Waals surface area (Å²) in [5.74, 6) is 0.484. The molecule has 25 heavy (non-hydrogen) atoms. The van der Waals surface area contributed by atoms with Crippen LogP contribution in [0.25, 0.3) is 0 Å². The quantitative estimate of drug-likeness (QED) is 0.538. The van der Waals surface area contributed by atoms with Gasteiger partial charge in [0.2, 0.25) is 5.82 Å². The van der Waals surface area contributed by atoms with Crippen molar-refractivity contribution in [1.82, 2.24) is 9.97 Å². The molecule has 0 aliphatic carbocycles. The van der Waals surface area contributed by atoms with Gasteiger partial charge in [0.25, 0.3) is 0 Å². The maximum Gasteiger partial charge on any atom is 0.373 e. The Morgan fingerprint density at radius 3 is 2.48 bits per heavy atom. The smallest absolute Gasteiger partial charge is 0.373 e. The zero-order valence-electron chi connectivity index (χ0n) is 13.5. The van der Waals surface area contributed by atoms with Crippen LogP contribution in [0.5, 0.6) is 11.6 Å². The molecule has 0 amide bonds. The molecule has 1 heterocycles. The van der Waals surface area contributed by atoms with Crippen LogP contribution >= 0.6 is 0 Å². The average Bonchev–Trinajstić information content (AvgIpc) is 2.62. The standard InChI is InChI=1S/C18H16N4O3/c1-13-7-9-14(10-8-13)11-19-17-16(22(23)24)18(21-12-20-17)25-15-5-3-2-4-6-15/h2-10,12H,11H2,1H3,(H,19,20,21). The molecule has 3 rings (SSSR count). The molecule has 0 saturated heterocycles. The summed E-state index contributed by atoms with van der Waals surface area (Å²) in [5, 5.41) is 14.5. The number of nitrogens with zero attached hydrogens (tertiary/aromatic N) is 3. The lowest BCUT2D eigenvalue weighted by Gasteiger charge is -2.09. The van der Waals surface area contributed by atoms with Crippen molar-refractivity contribution >= 4 is 11.5 Å². The predicted molar refractivity (Wildman–Crippen MR) is 93.7 cm³/mol. The highest BCUT2D eigenvalue weighted by Crippen LogP contribution is 2.34. The number of anilines is 1. The molecule has 0 aliphatic heterocycles. The topological polar surface area (TPSA) is 90.2 Å². The van der Waals surface area contributed by atoms with Crippen LogP contribution in [0.2, 0.25) is 0 Å². The van der Waals surface area contributed by atoms with Crippen LogP contribution in [0.15, 0.2) is 60.9 Å². The lowest BCUT2D eigenvalue weighted by Crippen LogP contribution is -2.07. The van der Waals surface area contributed by atoms with Crippen LogP contribution in [0, 0.1) is 17.0 Å². The highest BCUT2D eigenvalue weighted by molar-refractivity contribution is 5.61. The first-order valence-electron chi connectivity index (χ1n) is 7.65. The van der Waals surface area contributed by atoms with Crippen molar-refractivity contribution in [2.24, 2.45) is 0 Å². The van der Waals surface area contributed by atoms with Gasteiger partial charge in [-0.3, -0.25) is 10.1 Å². The molecule has 0 aliphatic rings. The van der Waals surface area contributed by atoms with Crippen molar-refractivity contribution in [3.63, 3.8) is 0 Å². The highest BCUT2D eigenvalue weighted by Gasteiger charge is 2.24. The molecule has 0 unspecified atom stereocenters. The first-order valence-corrected chi connectivity index (χ1v) is 7.65. The van der Waals surface area contributed by atoms with Crippen LogP contribution in [0.1, 0.15) is 11.1 Å². The van der Waals surface area contributed by atoms with Crippen LogP contribution < -0.4 is 10.1 Å². The van der Waals surface area contributed by atoms with E-state index in [1.807, 2.05) is 37.3 Å². The summed E-state index contributed by atoms with van der Waals surface area (Å²) < 4.78 is 5.55. The lowest BCUT2D eigenvalue weighted by molar-refractivity contribution is -0.385. The number of rotatable bonds is 6. The summed E-state index contributed by atoms with van der Waals surface area (Å²) in [6.45, 7) is 2.41. The molecule has 0 spiro atoms. The zero-order valence-corrected chi connectivity index (χ0v) is 13.5. The number of hydrogen-bond donors (Lipinski definition) is 1. The molecule has 0 saturated carbocycles. The first-order chi connectivity index (χ1) is 12.1. The molecule has 0 fully saturated rings. The van der Waals surface area contributed by atoms with Gasteiger partial charge in [0.05, 0.1) is 4.92 Å². The van der Waals surface area contributed by atoms with Crippen molar-refractivity contribution in [1.29, 1.82) is 0 Å². The molecule has 2 aromatic carbocycles. The largest absolute Gasteiger partial charge is 0.434 e. The van der Waals surface area contributed by atoms with Gasteiger partial charge in [0.15, 0.2) is 0 Å². The summed E-state index contributed by atoms with van der Waals surface area (Å²) in [6.07, 6.45) is 1.24. The Bertz CT molecular complexity index is 867. The van der Waals surface area contributed by atoms with E-state index >= 15 is 0 Å². The Balaban J connectivity index is 1.84. The molecule has 0 atom stereocenters. The van der Waals surface area contributed by atoms with Crippen molar-refractivity contribution in [3.05, 3.63) is 82.2 Å². The number of para-hydroxylation sites is 1. The van der Waals surface area contributed by atoms with Crippen LogP contribution in [0.3, 0.4) is 0 Å². The Morgan fingerprint density at radius 2 is 1.80 bits per heavy atom. The number of hydrogen-bond acceptors (Lipinski definition) is 6. The Labute approximate surface area is 144 Å². The Kier molecular flexibility index (Phi) is 4.84. The van der Waals surface area contributed by atoms with Gasteiger partial charge in [-0.15, -0.1) is 0 Å². The minimum absolute atomic E-state index is 0.0994. The zero-order chi connectivity index (χ0) is 17.6. The van der Waals surface area contributed by atoms with Crippen molar-refractivity contribution in [2.75, 3.05) is 5.32 Å². The number of aromatic nitrogens is 2. The van der Waals surface area contributed by atoms with E-state index in [2.05, 4.69) is 15.3 Å². The maximum atomic E-state index is 11.5. The van der Waals surface area contributed by atoms with E-state index in [0.29, 0.717) is 12.3 Å². The van der Waals surface area contributed by atoms with Crippen molar-refractivity contribution in [3.8, 4) is 11.6 Å². The number of nitro groups is 1. The van der Waals surface area contributed by atoms with E-state index in [9.17, 15) is 10.1 Å². The van der Waals surface area contributed by atoms with Crippen molar-refractivity contribution < 1.29 is 9.66 Å². The lowest BCUT2D eigenvalue weighted by atomic mass is 10.1. The van der Waals surface area contributed by atoms with E-state index in [1.54, 1.807) is 24.3 Å². The first kappa shape index (κ1) is 16.4. The third-order valence-corrected chi connectivity index (χ3v) is 3.51. The molecule has 0 bridgehead atoms. The van der Waals surface area contributed by atoms with Gasteiger partial charge < -0.3 is 10.1 Å². The number of ether oxygens (including phenoxy) is 1. The minimum Gasteiger partial charge on any atom is -0.434 e. The summed E-state index contributed by atoms with van der Waals surface area (Å²) in [5.41, 5.74) is 1.85. The summed E-state index contributed by atoms with van der Waals surface area (Å²) in [4.78, 5) is 18.8. The Hall–Kier alpha value is -3.48. The molecular weight excluding hydrogens is 320 g/mol. The van der Waals surface area contributed by atoms with E-state index in [-0.39, 0.29) is 17.4 Å². The monoisotopic (exact) mass is 336 g/mol. The highest BCUT2D eigenvalue weighted by atomic mass is 16.6. The van der Waals surface area contributed by atoms with E-state index < -0.39 is 4.92 Å². The van der Waals surface area contributed by atoms with Crippen LogP contribution in [0.4, 0.5) is 11.5 Å². The number of nitrogens with one attached hydrogen (secondary N) is 1. The number of aryl methyl sites for hydroxylation is 1.